The molecule has 0 aromatic heterocycles. The van der Waals surface area contributed by atoms with Crippen LogP contribution >= 0.6 is 27.7 Å². The number of thioether (sulfide) groups is 1. The van der Waals surface area contributed by atoms with E-state index in [2.05, 4.69) is 21.2 Å². The van der Waals surface area contributed by atoms with Gasteiger partial charge in [0.05, 0.1) is 11.6 Å². The first-order chi connectivity index (χ1) is 8.15. The number of anilines is 1. The van der Waals surface area contributed by atoms with Crippen LogP contribution in [0.5, 0.6) is 0 Å². The summed E-state index contributed by atoms with van der Waals surface area (Å²) < 4.78 is 0.960. The van der Waals surface area contributed by atoms with E-state index in [4.69, 9.17) is 0 Å². The number of benzene rings is 1. The van der Waals surface area contributed by atoms with Crippen molar-refractivity contribution < 1.29 is 9.59 Å². The van der Waals surface area contributed by atoms with Crippen molar-refractivity contribution in [3.05, 3.63) is 28.7 Å². The van der Waals surface area contributed by atoms with E-state index in [1.54, 1.807) is 4.90 Å². The zero-order valence-corrected chi connectivity index (χ0v) is 11.4. The second-order valence-corrected chi connectivity index (χ2v) is 5.50. The van der Waals surface area contributed by atoms with E-state index in [-0.39, 0.29) is 18.4 Å². The molecular formula is C11H11BrN2O2S. The summed E-state index contributed by atoms with van der Waals surface area (Å²) in [5, 5.41) is 2.75. The number of nitrogens with zero attached hydrogens (tertiary/aromatic N) is 1. The average Bonchev–Trinajstić information content (AvgIpc) is 2.68. The van der Waals surface area contributed by atoms with Gasteiger partial charge in [0.2, 0.25) is 11.8 Å². The Morgan fingerprint density at radius 2 is 2.12 bits per heavy atom. The standard InChI is InChI=1S/C11H11BrN2O2S/c12-8-1-3-9(4-2-8)13-10(15)5-14-7-17-6-11(14)16/h1-4H,5-7H2,(H,13,15). The Balaban J connectivity index is 1.88. The fourth-order valence-corrected chi connectivity index (χ4v) is 2.62. The van der Waals surface area contributed by atoms with Gasteiger partial charge < -0.3 is 10.2 Å². The molecule has 90 valence electrons. The molecule has 0 spiro atoms. The molecule has 0 saturated carbocycles. The van der Waals surface area contributed by atoms with Crippen LogP contribution in [0.1, 0.15) is 0 Å². The van der Waals surface area contributed by atoms with Crippen LogP contribution in [-0.2, 0) is 9.59 Å². The van der Waals surface area contributed by atoms with Crippen LogP contribution in [0.4, 0.5) is 5.69 Å². The molecule has 1 N–H and O–H groups in total. The highest BCUT2D eigenvalue weighted by molar-refractivity contribution is 9.10. The minimum Gasteiger partial charge on any atom is -0.325 e. The first kappa shape index (κ1) is 12.4. The summed E-state index contributed by atoms with van der Waals surface area (Å²) in [7, 11) is 0. The van der Waals surface area contributed by atoms with E-state index in [9.17, 15) is 9.59 Å². The van der Waals surface area contributed by atoms with Gasteiger partial charge in [-0.25, -0.2) is 0 Å². The third-order valence-electron chi connectivity index (χ3n) is 2.29. The van der Waals surface area contributed by atoms with Crippen molar-refractivity contribution in [1.29, 1.82) is 0 Å². The molecule has 0 bridgehead atoms. The molecular weight excluding hydrogens is 304 g/mol. The topological polar surface area (TPSA) is 49.4 Å². The van der Waals surface area contributed by atoms with Crippen molar-refractivity contribution in [3.63, 3.8) is 0 Å². The number of carbonyl (C=O) groups excluding carboxylic acids is 2. The first-order valence-corrected chi connectivity index (χ1v) is 7.01. The van der Waals surface area contributed by atoms with Gasteiger partial charge in [-0.15, -0.1) is 11.8 Å². The summed E-state index contributed by atoms with van der Waals surface area (Å²) >= 11 is 4.85. The van der Waals surface area contributed by atoms with Crippen molar-refractivity contribution in [2.24, 2.45) is 0 Å². The molecule has 0 radical (unpaired) electrons. The van der Waals surface area contributed by atoms with Crippen molar-refractivity contribution in [3.8, 4) is 0 Å². The number of hydrogen-bond donors (Lipinski definition) is 1. The second kappa shape index (κ2) is 5.55. The van der Waals surface area contributed by atoms with Gasteiger partial charge in [-0.1, -0.05) is 15.9 Å². The van der Waals surface area contributed by atoms with E-state index in [0.29, 0.717) is 11.6 Å². The van der Waals surface area contributed by atoms with Crippen LogP contribution in [0.15, 0.2) is 28.7 Å². The van der Waals surface area contributed by atoms with Crippen molar-refractivity contribution in [2.45, 2.75) is 0 Å². The maximum absolute atomic E-state index is 11.7. The predicted molar refractivity (Wildman–Crippen MR) is 71.8 cm³/mol. The maximum atomic E-state index is 11.7. The molecule has 0 atom stereocenters. The van der Waals surface area contributed by atoms with E-state index >= 15 is 0 Å². The fourth-order valence-electron chi connectivity index (χ4n) is 1.45. The molecule has 1 saturated heterocycles. The Hall–Kier alpha value is -1.01. The molecule has 1 aliphatic heterocycles. The highest BCUT2D eigenvalue weighted by Crippen LogP contribution is 2.16. The van der Waals surface area contributed by atoms with Gasteiger partial charge >= 0.3 is 0 Å². The normalized spacial score (nSPS) is 15.1. The third kappa shape index (κ3) is 3.47. The first-order valence-electron chi connectivity index (χ1n) is 5.06. The predicted octanol–water partition coefficient (Wildman–Crippen LogP) is 1.92. The van der Waals surface area contributed by atoms with E-state index in [1.807, 2.05) is 24.3 Å². The minimum atomic E-state index is -0.164. The number of amides is 2. The van der Waals surface area contributed by atoms with Crippen LogP contribution in [-0.4, -0.2) is 34.9 Å². The van der Waals surface area contributed by atoms with Crippen LogP contribution in [0, 0.1) is 0 Å². The molecule has 4 nitrogen and oxygen atoms in total. The van der Waals surface area contributed by atoms with Gasteiger partial charge in [-0.05, 0) is 24.3 Å². The summed E-state index contributed by atoms with van der Waals surface area (Å²) in [6.45, 7) is 0.127. The zero-order chi connectivity index (χ0) is 12.3. The van der Waals surface area contributed by atoms with Crippen LogP contribution in [0.25, 0.3) is 0 Å². The summed E-state index contributed by atoms with van der Waals surface area (Å²) in [6, 6.07) is 7.32. The van der Waals surface area contributed by atoms with Gasteiger partial charge in [-0.3, -0.25) is 9.59 Å². The lowest BCUT2D eigenvalue weighted by Crippen LogP contribution is -2.34. The van der Waals surface area contributed by atoms with Gasteiger partial charge in [0.15, 0.2) is 0 Å². The fraction of sp³-hybridized carbons (Fsp3) is 0.273. The highest BCUT2D eigenvalue weighted by atomic mass is 79.9. The van der Waals surface area contributed by atoms with E-state index in [1.165, 1.54) is 11.8 Å². The molecule has 1 fully saturated rings. The molecule has 1 aromatic carbocycles. The third-order valence-corrected chi connectivity index (χ3v) is 3.76. The molecule has 6 heteroatoms. The lowest BCUT2D eigenvalue weighted by atomic mass is 10.3. The van der Waals surface area contributed by atoms with Crippen molar-refractivity contribution >= 4 is 45.2 Å². The van der Waals surface area contributed by atoms with Crippen LogP contribution < -0.4 is 5.32 Å². The second-order valence-electron chi connectivity index (χ2n) is 3.62. The molecule has 17 heavy (non-hydrogen) atoms. The Kier molecular flexibility index (Phi) is 4.06. The number of nitrogens with one attached hydrogen (secondary N) is 1. The summed E-state index contributed by atoms with van der Waals surface area (Å²) in [4.78, 5) is 24.6. The summed E-state index contributed by atoms with van der Waals surface area (Å²) in [5.74, 6) is 0.946. The molecule has 0 unspecified atom stereocenters. The SMILES string of the molecule is O=C(CN1CSCC1=O)Nc1ccc(Br)cc1. The van der Waals surface area contributed by atoms with Gasteiger partial charge in [0.1, 0.15) is 6.54 Å². The van der Waals surface area contributed by atoms with E-state index < -0.39 is 0 Å². The maximum Gasteiger partial charge on any atom is 0.244 e. The molecule has 0 aliphatic carbocycles. The number of rotatable bonds is 3. The Labute approximate surface area is 112 Å². The van der Waals surface area contributed by atoms with Crippen molar-refractivity contribution in [2.75, 3.05) is 23.5 Å². The molecule has 1 heterocycles. The smallest absolute Gasteiger partial charge is 0.244 e. The number of hydrogen-bond acceptors (Lipinski definition) is 3. The Morgan fingerprint density at radius 1 is 1.41 bits per heavy atom. The summed E-state index contributed by atoms with van der Waals surface area (Å²) in [6.07, 6.45) is 0. The minimum absolute atomic E-state index is 0.0287. The highest BCUT2D eigenvalue weighted by Gasteiger charge is 2.22. The lowest BCUT2D eigenvalue weighted by Gasteiger charge is -2.14. The number of halogens is 1. The molecule has 2 amide bonds. The Bertz CT molecular complexity index is 436. The largest absolute Gasteiger partial charge is 0.325 e. The van der Waals surface area contributed by atoms with Gasteiger partial charge in [0, 0.05) is 10.2 Å². The molecule has 1 aromatic rings. The molecule has 2 rings (SSSR count). The Morgan fingerprint density at radius 3 is 2.71 bits per heavy atom. The zero-order valence-electron chi connectivity index (χ0n) is 8.98. The lowest BCUT2D eigenvalue weighted by molar-refractivity contribution is -0.130. The quantitative estimate of drug-likeness (QED) is 0.927. The number of carbonyl (C=O) groups is 2. The average molecular weight is 315 g/mol. The monoisotopic (exact) mass is 314 g/mol. The van der Waals surface area contributed by atoms with Crippen LogP contribution in [0.3, 0.4) is 0 Å². The molecule has 1 aliphatic rings. The van der Waals surface area contributed by atoms with Crippen LogP contribution in [0.2, 0.25) is 0 Å². The van der Waals surface area contributed by atoms with Crippen molar-refractivity contribution in [1.82, 2.24) is 4.90 Å². The van der Waals surface area contributed by atoms with Gasteiger partial charge in [-0.2, -0.15) is 0 Å². The van der Waals surface area contributed by atoms with E-state index in [0.717, 1.165) is 10.2 Å². The summed E-state index contributed by atoms with van der Waals surface area (Å²) in [5.41, 5.74) is 0.734. The van der Waals surface area contributed by atoms with Gasteiger partial charge in [0.25, 0.3) is 0 Å².